The number of nitrogens with zero attached hydrogens (tertiary/aromatic N) is 2. The van der Waals surface area contributed by atoms with Crippen LogP contribution in [0.15, 0.2) is 0 Å². The largest absolute Gasteiger partial charge is 0.332 e. The van der Waals surface area contributed by atoms with Gasteiger partial charge in [0.1, 0.15) is 0 Å². The molecule has 0 radical (unpaired) electrons. The van der Waals surface area contributed by atoms with E-state index < -0.39 is 0 Å². The summed E-state index contributed by atoms with van der Waals surface area (Å²) in [6.45, 7) is 5.77. The summed E-state index contributed by atoms with van der Waals surface area (Å²) in [6, 6.07) is 0. The molecule has 1 heterocycles. The number of piperazine rings is 1. The number of carbonyl (C=O) groups excluding carboxylic acids is 2. The Balaban J connectivity index is 2.54. The van der Waals surface area contributed by atoms with Gasteiger partial charge in [-0.25, -0.2) is 0 Å². The number of hydrogen-bond acceptors (Lipinski definition) is 3. The lowest BCUT2D eigenvalue weighted by molar-refractivity contribution is -0.150. The average molecular weight is 258 g/mol. The van der Waals surface area contributed by atoms with Gasteiger partial charge >= 0.3 is 0 Å². The summed E-state index contributed by atoms with van der Waals surface area (Å²) in [6.07, 6.45) is 2.14. The minimum Gasteiger partial charge on any atom is -0.332 e. The molecule has 1 saturated heterocycles. The van der Waals surface area contributed by atoms with Crippen molar-refractivity contribution in [1.82, 2.24) is 9.80 Å². The molecule has 1 aliphatic rings. The number of hydrogen-bond donors (Lipinski definition) is 1. The predicted octanol–water partition coefficient (Wildman–Crippen LogP) is 1.02. The lowest BCUT2D eigenvalue weighted by atomic mass is 10.0. The van der Waals surface area contributed by atoms with E-state index in [1.807, 2.05) is 6.92 Å². The van der Waals surface area contributed by atoms with Crippen LogP contribution < -0.4 is 0 Å². The molecule has 17 heavy (non-hydrogen) atoms. The van der Waals surface area contributed by atoms with E-state index in [1.165, 1.54) is 0 Å². The van der Waals surface area contributed by atoms with E-state index in [4.69, 9.17) is 0 Å². The summed E-state index contributed by atoms with van der Waals surface area (Å²) >= 11 is 4.30. The van der Waals surface area contributed by atoms with Crippen molar-refractivity contribution in [3.05, 3.63) is 0 Å². The van der Waals surface area contributed by atoms with Gasteiger partial charge in [-0.3, -0.25) is 9.59 Å². The molecule has 1 atom stereocenters. The van der Waals surface area contributed by atoms with Crippen molar-refractivity contribution in [3.63, 3.8) is 0 Å². The molecule has 4 nitrogen and oxygen atoms in total. The third-order valence-electron chi connectivity index (χ3n) is 3.17. The second kappa shape index (κ2) is 6.89. The SMILES string of the molecule is CCCC(CS)CN1CC(=O)N(CC)CC1=O. The Morgan fingerprint density at radius 3 is 2.29 bits per heavy atom. The Kier molecular flexibility index (Phi) is 5.82. The molecule has 0 bridgehead atoms. The van der Waals surface area contributed by atoms with Crippen LogP contribution >= 0.6 is 12.6 Å². The van der Waals surface area contributed by atoms with E-state index in [0.29, 0.717) is 19.0 Å². The number of rotatable bonds is 6. The van der Waals surface area contributed by atoms with Gasteiger partial charge in [-0.2, -0.15) is 12.6 Å². The molecule has 0 saturated carbocycles. The highest BCUT2D eigenvalue weighted by Crippen LogP contribution is 2.13. The van der Waals surface area contributed by atoms with E-state index in [1.54, 1.807) is 9.80 Å². The van der Waals surface area contributed by atoms with Crippen LogP contribution in [-0.2, 0) is 9.59 Å². The van der Waals surface area contributed by atoms with Gasteiger partial charge in [0.25, 0.3) is 0 Å². The van der Waals surface area contributed by atoms with E-state index in [-0.39, 0.29) is 24.9 Å². The summed E-state index contributed by atoms with van der Waals surface area (Å²) in [5, 5.41) is 0. The summed E-state index contributed by atoms with van der Waals surface area (Å²) < 4.78 is 0. The molecule has 1 aliphatic heterocycles. The highest BCUT2D eigenvalue weighted by Gasteiger charge is 2.29. The topological polar surface area (TPSA) is 40.6 Å². The van der Waals surface area contributed by atoms with Gasteiger partial charge in [-0.1, -0.05) is 13.3 Å². The highest BCUT2D eigenvalue weighted by atomic mass is 32.1. The molecule has 1 rings (SSSR count). The minimum atomic E-state index is 0.0570. The first-order chi connectivity index (χ1) is 8.12. The van der Waals surface area contributed by atoms with E-state index in [2.05, 4.69) is 19.6 Å². The monoisotopic (exact) mass is 258 g/mol. The van der Waals surface area contributed by atoms with Gasteiger partial charge in [0.05, 0.1) is 13.1 Å². The molecular weight excluding hydrogens is 236 g/mol. The van der Waals surface area contributed by atoms with Gasteiger partial charge < -0.3 is 9.80 Å². The van der Waals surface area contributed by atoms with Crippen LogP contribution in [0.5, 0.6) is 0 Å². The van der Waals surface area contributed by atoms with Crippen LogP contribution in [-0.4, -0.2) is 53.5 Å². The van der Waals surface area contributed by atoms with Gasteiger partial charge in [0.15, 0.2) is 0 Å². The first kappa shape index (κ1) is 14.4. The third-order valence-corrected chi connectivity index (χ3v) is 3.69. The number of carbonyl (C=O) groups is 2. The second-order valence-corrected chi connectivity index (χ2v) is 4.88. The Bertz CT molecular complexity index is 284. The number of amides is 2. The lowest BCUT2D eigenvalue weighted by Crippen LogP contribution is -2.54. The smallest absolute Gasteiger partial charge is 0.242 e. The fraction of sp³-hybridized carbons (Fsp3) is 0.833. The van der Waals surface area contributed by atoms with Gasteiger partial charge in [0, 0.05) is 13.1 Å². The van der Waals surface area contributed by atoms with Crippen molar-refractivity contribution in [2.75, 3.05) is 31.9 Å². The zero-order valence-corrected chi connectivity index (χ0v) is 11.6. The minimum absolute atomic E-state index is 0.0570. The Hall–Kier alpha value is -0.710. The summed E-state index contributed by atoms with van der Waals surface area (Å²) in [7, 11) is 0. The Morgan fingerprint density at radius 2 is 1.76 bits per heavy atom. The average Bonchev–Trinajstić information content (AvgIpc) is 2.32. The quantitative estimate of drug-likeness (QED) is 0.723. The van der Waals surface area contributed by atoms with Crippen molar-refractivity contribution in [1.29, 1.82) is 0 Å². The molecule has 1 fully saturated rings. The zero-order chi connectivity index (χ0) is 12.8. The first-order valence-electron chi connectivity index (χ1n) is 6.28. The lowest BCUT2D eigenvalue weighted by Gasteiger charge is -2.35. The zero-order valence-electron chi connectivity index (χ0n) is 10.7. The molecular formula is C12H22N2O2S. The molecule has 0 spiro atoms. The van der Waals surface area contributed by atoms with Crippen LogP contribution in [0, 0.1) is 5.92 Å². The molecule has 0 aromatic carbocycles. The molecule has 2 amide bonds. The Morgan fingerprint density at radius 1 is 1.18 bits per heavy atom. The maximum atomic E-state index is 11.9. The predicted molar refractivity (Wildman–Crippen MR) is 71.1 cm³/mol. The van der Waals surface area contributed by atoms with Crippen molar-refractivity contribution in [2.24, 2.45) is 5.92 Å². The third kappa shape index (κ3) is 3.91. The van der Waals surface area contributed by atoms with E-state index >= 15 is 0 Å². The molecule has 0 aromatic heterocycles. The van der Waals surface area contributed by atoms with Crippen molar-refractivity contribution >= 4 is 24.4 Å². The van der Waals surface area contributed by atoms with Crippen LogP contribution in [0.4, 0.5) is 0 Å². The van der Waals surface area contributed by atoms with Crippen molar-refractivity contribution in [3.8, 4) is 0 Å². The maximum absolute atomic E-state index is 11.9. The molecule has 5 heteroatoms. The van der Waals surface area contributed by atoms with Crippen molar-refractivity contribution < 1.29 is 9.59 Å². The summed E-state index contributed by atoms with van der Waals surface area (Å²) in [5.74, 6) is 1.28. The molecule has 0 N–H and O–H groups in total. The maximum Gasteiger partial charge on any atom is 0.242 e. The Labute approximate surface area is 109 Å². The van der Waals surface area contributed by atoms with Crippen molar-refractivity contribution in [2.45, 2.75) is 26.7 Å². The van der Waals surface area contributed by atoms with Crippen LogP contribution in [0.25, 0.3) is 0 Å². The highest BCUT2D eigenvalue weighted by molar-refractivity contribution is 7.80. The van der Waals surface area contributed by atoms with E-state index in [9.17, 15) is 9.59 Å². The summed E-state index contributed by atoms with van der Waals surface area (Å²) in [4.78, 5) is 26.9. The van der Waals surface area contributed by atoms with Gasteiger partial charge in [-0.15, -0.1) is 0 Å². The fourth-order valence-corrected chi connectivity index (χ4v) is 2.42. The first-order valence-corrected chi connectivity index (χ1v) is 6.92. The van der Waals surface area contributed by atoms with Gasteiger partial charge in [-0.05, 0) is 25.0 Å². The second-order valence-electron chi connectivity index (χ2n) is 4.52. The standard InChI is InChI=1S/C12H22N2O2S/c1-3-5-10(9-17)6-14-8-11(15)13(4-2)7-12(14)16/h10,17H,3-9H2,1-2H3. The normalized spacial score (nSPS) is 18.8. The van der Waals surface area contributed by atoms with E-state index in [0.717, 1.165) is 18.6 Å². The molecule has 1 unspecified atom stereocenters. The van der Waals surface area contributed by atoms with Crippen LogP contribution in [0.2, 0.25) is 0 Å². The van der Waals surface area contributed by atoms with Crippen LogP contribution in [0.3, 0.4) is 0 Å². The number of thiol groups is 1. The summed E-state index contributed by atoms with van der Waals surface area (Å²) in [5.41, 5.74) is 0. The number of likely N-dealkylation sites (N-methyl/N-ethyl adjacent to an activating group) is 1. The fourth-order valence-electron chi connectivity index (χ4n) is 2.12. The van der Waals surface area contributed by atoms with Gasteiger partial charge in [0.2, 0.25) is 11.8 Å². The molecule has 0 aromatic rings. The molecule has 98 valence electrons. The van der Waals surface area contributed by atoms with Crippen LogP contribution in [0.1, 0.15) is 26.7 Å². The molecule has 0 aliphatic carbocycles.